The second-order valence-corrected chi connectivity index (χ2v) is 1.79. The van der Waals surface area contributed by atoms with Crippen molar-refractivity contribution in [2.45, 2.75) is 0 Å². The Labute approximate surface area is 77.4 Å². The summed E-state index contributed by atoms with van der Waals surface area (Å²) in [7, 11) is 0. The maximum absolute atomic E-state index is 10.9. The smallest absolute Gasteiger partial charge is 0.327 e. The number of hydrogen-bond donors (Lipinski definition) is 2. The normalized spacial score (nSPS) is 9.45. The van der Waals surface area contributed by atoms with Crippen molar-refractivity contribution in [1.29, 1.82) is 0 Å². The molecule has 2 aromatic heterocycles. The highest BCUT2D eigenvalue weighted by Gasteiger charge is 2.06. The van der Waals surface area contributed by atoms with Crippen LogP contribution in [0.1, 0.15) is 0 Å². The van der Waals surface area contributed by atoms with Crippen molar-refractivity contribution in [2.75, 3.05) is 0 Å². The summed E-state index contributed by atoms with van der Waals surface area (Å²) in [5.41, 5.74) is 0.602. The second-order valence-electron chi connectivity index (χ2n) is 1.79. The third-order valence-corrected chi connectivity index (χ3v) is 1.18. The average molecular weight is 265 g/mol. The van der Waals surface area contributed by atoms with E-state index in [1.54, 1.807) is 0 Å². The lowest BCUT2D eigenvalue weighted by molar-refractivity contribution is -0.429. The lowest BCUT2D eigenvalue weighted by atomic mass is 10.6. The van der Waals surface area contributed by atoms with E-state index in [0.717, 1.165) is 0 Å². The number of halogens is 1. The first-order valence-corrected chi connectivity index (χ1v) is 2.67. The molecule has 2 rings (SSSR count). The molecule has 0 saturated heterocycles. The van der Waals surface area contributed by atoms with E-state index < -0.39 is 0 Å². The first-order valence-electron chi connectivity index (χ1n) is 2.67. The fourth-order valence-corrected chi connectivity index (χ4v) is 0.725. The molecule has 0 aliphatic carbocycles. The van der Waals surface area contributed by atoms with Crippen LogP contribution in [0, 0.1) is 0 Å². The van der Waals surface area contributed by atoms with Crippen molar-refractivity contribution in [3.05, 3.63) is 16.7 Å². The number of H-pyrrole nitrogens is 3. The average Bonchev–Trinajstić information content (AvgIpc) is 2.36. The molecule has 0 atom stereocenters. The van der Waals surface area contributed by atoms with Crippen LogP contribution in [0.3, 0.4) is 0 Å². The molecule has 0 amide bonds. The van der Waals surface area contributed by atoms with Crippen LogP contribution in [0.15, 0.2) is 11.1 Å². The summed E-state index contributed by atoms with van der Waals surface area (Å²) in [5.74, 6) is 0. The van der Waals surface area contributed by atoms with Gasteiger partial charge in [-0.3, -0.25) is 9.78 Å². The maximum Gasteiger partial charge on any atom is 0.327 e. The van der Waals surface area contributed by atoms with E-state index in [4.69, 9.17) is 0 Å². The van der Waals surface area contributed by atoms with Crippen molar-refractivity contribution in [2.24, 2.45) is 0 Å². The number of nitrogens with zero attached hydrogens (tertiary/aromatic N) is 2. The largest absolute Gasteiger partial charge is 1.00 e. The molecular weight excluding hydrogens is 261 g/mol. The highest BCUT2D eigenvalue weighted by molar-refractivity contribution is 5.62. The zero-order valence-electron chi connectivity index (χ0n) is 5.26. The molecule has 2 heterocycles. The summed E-state index contributed by atoms with van der Waals surface area (Å²) in [5, 5.41) is 8.53. The van der Waals surface area contributed by atoms with Gasteiger partial charge >= 0.3 is 5.65 Å². The van der Waals surface area contributed by atoms with Gasteiger partial charge in [0.15, 0.2) is 6.33 Å². The molecule has 0 saturated carbocycles. The lowest BCUT2D eigenvalue weighted by Gasteiger charge is -1.73. The van der Waals surface area contributed by atoms with Crippen molar-refractivity contribution < 1.29 is 29.1 Å². The summed E-state index contributed by atoms with van der Waals surface area (Å²) in [6, 6.07) is 0. The predicted molar refractivity (Wildman–Crippen MR) is 31.1 cm³/mol. The predicted octanol–water partition coefficient (Wildman–Crippen LogP) is -4.54. The molecule has 0 aromatic carbocycles. The van der Waals surface area contributed by atoms with Crippen LogP contribution in [0.2, 0.25) is 0 Å². The molecule has 7 heteroatoms. The standard InChI is InChI=1S/C4H3N5O.HI/c10-4-2-3(5-1-6-4)8-9-7-2;/h1H,(H2,5,6,7,8,9,10);1H. The summed E-state index contributed by atoms with van der Waals surface area (Å²) in [6.07, 6.45) is 1.32. The van der Waals surface area contributed by atoms with Gasteiger partial charge in [0.05, 0.1) is 0 Å². The summed E-state index contributed by atoms with van der Waals surface area (Å²) in [6.45, 7) is 0. The minimum Gasteiger partial charge on any atom is -1.00 e. The summed E-state index contributed by atoms with van der Waals surface area (Å²) in [4.78, 5) is 17.1. The molecule has 0 unspecified atom stereocenters. The molecule has 0 radical (unpaired) electrons. The maximum atomic E-state index is 10.9. The molecule has 58 valence electrons. The monoisotopic (exact) mass is 265 g/mol. The van der Waals surface area contributed by atoms with Crippen molar-refractivity contribution in [1.82, 2.24) is 20.3 Å². The molecule has 0 fully saturated rings. The van der Waals surface area contributed by atoms with Gasteiger partial charge in [0.2, 0.25) is 0 Å². The Bertz CT molecular complexity index is 406. The molecule has 0 aliphatic rings. The Kier molecular flexibility index (Phi) is 2.17. The molecule has 6 nitrogen and oxygen atoms in total. The fraction of sp³-hybridized carbons (Fsp3) is 0. The van der Waals surface area contributed by atoms with Crippen LogP contribution in [0.5, 0.6) is 0 Å². The molecule has 11 heavy (non-hydrogen) atoms. The Morgan fingerprint density at radius 2 is 2.36 bits per heavy atom. The second kappa shape index (κ2) is 2.95. The van der Waals surface area contributed by atoms with Gasteiger partial charge in [-0.1, -0.05) is 4.98 Å². The van der Waals surface area contributed by atoms with Crippen LogP contribution < -0.4 is 34.6 Å². The van der Waals surface area contributed by atoms with E-state index in [1.807, 2.05) is 0 Å². The number of fused-ring (bicyclic) bond motifs is 1. The molecule has 2 aromatic rings. The Balaban J connectivity index is 0.000000605. The number of rotatable bonds is 0. The topological polar surface area (TPSA) is 88.6 Å². The number of aromatic amines is 3. The third-order valence-electron chi connectivity index (χ3n) is 1.18. The number of nitrogens with one attached hydrogen (secondary N) is 3. The van der Waals surface area contributed by atoms with Crippen molar-refractivity contribution in [3.63, 3.8) is 0 Å². The number of aromatic nitrogens is 5. The highest BCUT2D eigenvalue weighted by atomic mass is 127. The van der Waals surface area contributed by atoms with Gasteiger partial charge in [-0.2, -0.15) is 5.10 Å². The van der Waals surface area contributed by atoms with Gasteiger partial charge in [0.25, 0.3) is 11.1 Å². The summed E-state index contributed by atoms with van der Waals surface area (Å²) >= 11 is 0. The lowest BCUT2D eigenvalue weighted by Crippen LogP contribution is -3.00. The molecular formula is C4H4IN5O. The van der Waals surface area contributed by atoms with Crippen LogP contribution >= 0.6 is 0 Å². The van der Waals surface area contributed by atoms with Crippen LogP contribution in [0.4, 0.5) is 0 Å². The zero-order valence-corrected chi connectivity index (χ0v) is 7.42. The van der Waals surface area contributed by atoms with Crippen LogP contribution in [-0.2, 0) is 0 Å². The van der Waals surface area contributed by atoms with Gasteiger partial charge in [0.1, 0.15) is 0 Å². The Morgan fingerprint density at radius 1 is 1.55 bits per heavy atom. The van der Waals surface area contributed by atoms with Gasteiger partial charge in [-0.25, -0.2) is 0 Å². The third kappa shape index (κ3) is 1.23. The Morgan fingerprint density at radius 3 is 3.09 bits per heavy atom. The SMILES string of the molecule is O=c1[nH]cnc2[nH+]n[nH]c12.[I-]. The Hall–Kier alpha value is -0.990. The van der Waals surface area contributed by atoms with E-state index in [2.05, 4.69) is 25.4 Å². The molecule has 0 bridgehead atoms. The van der Waals surface area contributed by atoms with Gasteiger partial charge in [0, 0.05) is 5.21 Å². The quantitative estimate of drug-likeness (QED) is 0.470. The van der Waals surface area contributed by atoms with Gasteiger partial charge in [-0.15, -0.1) is 5.10 Å². The fourth-order valence-electron chi connectivity index (χ4n) is 0.725. The van der Waals surface area contributed by atoms with E-state index in [-0.39, 0.29) is 29.5 Å². The van der Waals surface area contributed by atoms with E-state index in [0.29, 0.717) is 11.2 Å². The van der Waals surface area contributed by atoms with E-state index >= 15 is 0 Å². The minimum atomic E-state index is -0.223. The molecule has 0 aliphatic heterocycles. The molecule has 3 N–H and O–H groups in total. The zero-order chi connectivity index (χ0) is 6.97. The van der Waals surface area contributed by atoms with Crippen molar-refractivity contribution in [3.8, 4) is 0 Å². The number of hydrogen-bond acceptors (Lipinski definition) is 3. The minimum absolute atomic E-state index is 0. The van der Waals surface area contributed by atoms with E-state index in [1.165, 1.54) is 6.33 Å². The van der Waals surface area contributed by atoms with Crippen LogP contribution in [0.25, 0.3) is 11.2 Å². The molecule has 0 spiro atoms. The highest BCUT2D eigenvalue weighted by Crippen LogP contribution is 1.87. The van der Waals surface area contributed by atoms with E-state index in [9.17, 15) is 4.79 Å². The first kappa shape index (κ1) is 8.11. The van der Waals surface area contributed by atoms with Gasteiger partial charge < -0.3 is 24.0 Å². The first-order chi connectivity index (χ1) is 4.88. The summed E-state index contributed by atoms with van der Waals surface area (Å²) < 4.78 is 0. The van der Waals surface area contributed by atoms with Gasteiger partial charge in [-0.05, 0) is 0 Å². The van der Waals surface area contributed by atoms with Crippen LogP contribution in [-0.4, -0.2) is 20.3 Å². The van der Waals surface area contributed by atoms with Crippen molar-refractivity contribution >= 4 is 11.2 Å².